The molecule has 3 nitrogen and oxygen atoms in total. The molecule has 80 heavy (non-hydrogen) atoms. The van der Waals surface area contributed by atoms with Crippen molar-refractivity contribution in [1.82, 2.24) is 0 Å². The topological polar surface area (TPSA) is 9.72 Å². The standard InChI is InChI=1S/C74H64BN3S2/c1-72(2,3)50-28-33-53(34-29-50)76(62-26-18-16-24-57(62)48-22-14-11-15-23-48)56-37-39-61-63(46-56)77(55-38-41-67-59(45-55)58-25-17-19-27-66(58)79-67)64-42-49(47-20-12-10-13-21-47)43-65-69(64)75(61)71-70(60-44-52(74(7,8)9)32-40-68(60)80-71)78(65)54-35-30-51(31-36-54)73(4,5)6/h10-46H,1-9H3. The zero-order valence-corrected chi connectivity index (χ0v) is 48.7. The Labute approximate surface area is 480 Å². The summed E-state index contributed by atoms with van der Waals surface area (Å²) in [5.74, 6) is 0. The summed E-state index contributed by atoms with van der Waals surface area (Å²) in [6.45, 7) is 20.8. The van der Waals surface area contributed by atoms with E-state index in [1.165, 1.54) is 108 Å². The van der Waals surface area contributed by atoms with Crippen LogP contribution in [0.5, 0.6) is 0 Å². The molecule has 0 N–H and O–H groups in total. The summed E-state index contributed by atoms with van der Waals surface area (Å²) in [6.07, 6.45) is 0. The van der Waals surface area contributed by atoms with Gasteiger partial charge >= 0.3 is 0 Å². The molecule has 10 aromatic carbocycles. The zero-order valence-electron chi connectivity index (χ0n) is 47.1. The lowest BCUT2D eigenvalue weighted by Crippen LogP contribution is -2.60. The molecule has 14 rings (SSSR count). The first-order valence-electron chi connectivity index (χ1n) is 28.2. The molecule has 0 atom stereocenters. The smallest absolute Gasteiger partial charge is 0.264 e. The molecule has 0 bridgehead atoms. The van der Waals surface area contributed by atoms with Gasteiger partial charge < -0.3 is 14.7 Å². The van der Waals surface area contributed by atoms with Crippen molar-refractivity contribution in [2.24, 2.45) is 0 Å². The van der Waals surface area contributed by atoms with Gasteiger partial charge in [0.1, 0.15) is 0 Å². The summed E-state index contributed by atoms with van der Waals surface area (Å²) in [4.78, 5) is 7.74. The fraction of sp³-hybridized carbons (Fsp3) is 0.162. The van der Waals surface area contributed by atoms with Gasteiger partial charge in [0.25, 0.3) is 6.71 Å². The Morgan fingerprint density at radius 3 is 1.62 bits per heavy atom. The van der Waals surface area contributed by atoms with Crippen molar-refractivity contribution < 1.29 is 0 Å². The lowest BCUT2D eigenvalue weighted by Gasteiger charge is -2.44. The van der Waals surface area contributed by atoms with E-state index in [1.807, 2.05) is 22.7 Å². The van der Waals surface area contributed by atoms with Crippen molar-refractivity contribution >= 4 is 127 Å². The first kappa shape index (κ1) is 50.1. The summed E-state index contributed by atoms with van der Waals surface area (Å²) in [7, 11) is 0. The molecule has 6 heteroatoms. The predicted molar refractivity (Wildman–Crippen MR) is 350 cm³/mol. The Morgan fingerprint density at radius 2 is 0.925 bits per heavy atom. The molecular weight excluding hydrogens is 1010 g/mol. The number of nitrogens with zero attached hydrogens (tertiary/aromatic N) is 3. The highest BCUT2D eigenvalue weighted by atomic mass is 32.1. The van der Waals surface area contributed by atoms with E-state index in [0.717, 1.165) is 28.4 Å². The average molecular weight is 1070 g/mol. The van der Waals surface area contributed by atoms with Crippen LogP contribution < -0.4 is 30.4 Å². The van der Waals surface area contributed by atoms with Crippen molar-refractivity contribution in [3.63, 3.8) is 0 Å². The third kappa shape index (κ3) is 8.37. The Bertz CT molecular complexity index is 4360. The van der Waals surface area contributed by atoms with Gasteiger partial charge in [-0.3, -0.25) is 0 Å². The number of thiophene rings is 2. The molecule has 390 valence electrons. The van der Waals surface area contributed by atoms with E-state index < -0.39 is 0 Å². The highest BCUT2D eigenvalue weighted by Gasteiger charge is 2.46. The molecule has 0 unspecified atom stereocenters. The van der Waals surface area contributed by atoms with Crippen LogP contribution >= 0.6 is 22.7 Å². The van der Waals surface area contributed by atoms with Crippen molar-refractivity contribution in [3.05, 3.63) is 241 Å². The van der Waals surface area contributed by atoms with Crippen LogP contribution in [0.1, 0.15) is 79.0 Å². The van der Waals surface area contributed by atoms with Gasteiger partial charge in [-0.2, -0.15) is 0 Å². The van der Waals surface area contributed by atoms with E-state index in [0.29, 0.717) is 0 Å². The maximum atomic E-state index is 2.63. The summed E-state index contributed by atoms with van der Waals surface area (Å²) < 4.78 is 5.25. The zero-order chi connectivity index (χ0) is 54.8. The van der Waals surface area contributed by atoms with Crippen LogP contribution in [0.3, 0.4) is 0 Å². The molecule has 0 aliphatic carbocycles. The minimum atomic E-state index is -0.0671. The summed E-state index contributed by atoms with van der Waals surface area (Å²) in [5.41, 5.74) is 21.7. The largest absolute Gasteiger partial charge is 0.311 e. The Kier molecular flexibility index (Phi) is 11.7. The summed E-state index contributed by atoms with van der Waals surface area (Å²) >= 11 is 3.84. The van der Waals surface area contributed by atoms with Gasteiger partial charge in [-0.1, -0.05) is 196 Å². The van der Waals surface area contributed by atoms with E-state index >= 15 is 0 Å². The number of para-hydroxylation sites is 1. The first-order chi connectivity index (χ1) is 38.6. The third-order valence-corrected chi connectivity index (χ3v) is 19.1. The van der Waals surface area contributed by atoms with E-state index in [-0.39, 0.29) is 23.0 Å². The van der Waals surface area contributed by atoms with Gasteiger partial charge in [-0.05, 0) is 152 Å². The van der Waals surface area contributed by atoms with Crippen molar-refractivity contribution in [3.8, 4) is 22.3 Å². The highest BCUT2D eigenvalue weighted by Crippen LogP contribution is 2.52. The van der Waals surface area contributed by atoms with E-state index in [1.54, 1.807) is 0 Å². The maximum absolute atomic E-state index is 2.63. The Hall–Kier alpha value is -8.16. The second-order valence-corrected chi connectivity index (χ2v) is 27.2. The Balaban J connectivity index is 1.10. The molecule has 0 fully saturated rings. The normalized spacial score (nSPS) is 13.2. The minimum Gasteiger partial charge on any atom is -0.311 e. The number of benzene rings is 10. The van der Waals surface area contributed by atoms with Crippen LogP contribution in [0.25, 0.3) is 52.5 Å². The van der Waals surface area contributed by atoms with Crippen molar-refractivity contribution in [2.45, 2.75) is 78.6 Å². The number of rotatable bonds is 7. The molecule has 0 saturated heterocycles. The molecule has 0 radical (unpaired) electrons. The molecule has 2 aliphatic heterocycles. The van der Waals surface area contributed by atoms with Gasteiger partial charge in [0, 0.05) is 80.4 Å². The molecule has 2 aliphatic rings. The highest BCUT2D eigenvalue weighted by molar-refractivity contribution is 7.33. The van der Waals surface area contributed by atoms with Gasteiger partial charge in [0.15, 0.2) is 0 Å². The molecule has 12 aromatic rings. The van der Waals surface area contributed by atoms with Crippen molar-refractivity contribution in [2.75, 3.05) is 14.7 Å². The Morgan fingerprint density at radius 1 is 0.375 bits per heavy atom. The lowest BCUT2D eigenvalue weighted by molar-refractivity contribution is 0.590. The number of fused-ring (bicyclic) bond motifs is 9. The van der Waals surface area contributed by atoms with Crippen molar-refractivity contribution in [1.29, 1.82) is 0 Å². The second-order valence-electron chi connectivity index (χ2n) is 25.0. The predicted octanol–water partition coefficient (Wildman–Crippen LogP) is 20.0. The molecule has 0 amide bonds. The fourth-order valence-corrected chi connectivity index (χ4v) is 14.8. The van der Waals surface area contributed by atoms with Crippen LogP contribution in [0.4, 0.5) is 51.2 Å². The lowest BCUT2D eigenvalue weighted by atomic mass is 9.36. The number of hydrogen-bond donors (Lipinski definition) is 0. The maximum Gasteiger partial charge on any atom is 0.264 e. The van der Waals surface area contributed by atoms with E-state index in [2.05, 4.69) is 301 Å². The van der Waals surface area contributed by atoms with Crippen LogP contribution in [0.2, 0.25) is 0 Å². The van der Waals surface area contributed by atoms with Gasteiger partial charge in [0.2, 0.25) is 0 Å². The second kappa shape index (κ2) is 18.7. The van der Waals surface area contributed by atoms with E-state index in [4.69, 9.17) is 0 Å². The SMILES string of the molecule is CC(C)(C)c1ccc(N(c2ccc3c(c2)N(c2ccc4sc5ccccc5c4c2)c2cc(-c4ccccc4)cc4c2B3c2sc3ccc(C(C)(C)C)cc3c2N4c2ccc(C(C)(C)C)cc2)c2ccccc2-c2ccccc2)cc1. The summed E-state index contributed by atoms with van der Waals surface area (Å²) in [5, 5.41) is 3.86. The quantitative estimate of drug-likeness (QED) is 0.147. The van der Waals surface area contributed by atoms with Crippen LogP contribution in [0.15, 0.2) is 224 Å². The monoisotopic (exact) mass is 1070 g/mol. The fourth-order valence-electron chi connectivity index (χ4n) is 12.4. The number of hydrogen-bond acceptors (Lipinski definition) is 5. The molecular formula is C74H64BN3S2. The number of anilines is 9. The van der Waals surface area contributed by atoms with Gasteiger partial charge in [-0.25, -0.2) is 0 Å². The molecule has 0 spiro atoms. The van der Waals surface area contributed by atoms with Crippen LogP contribution in [-0.2, 0) is 16.2 Å². The minimum absolute atomic E-state index is 0.00255. The van der Waals surface area contributed by atoms with Crippen LogP contribution in [-0.4, -0.2) is 6.71 Å². The molecule has 4 heterocycles. The summed E-state index contributed by atoms with van der Waals surface area (Å²) in [6, 6.07) is 85.2. The van der Waals surface area contributed by atoms with Gasteiger partial charge in [-0.15, -0.1) is 22.7 Å². The van der Waals surface area contributed by atoms with E-state index in [9.17, 15) is 0 Å². The van der Waals surface area contributed by atoms with Crippen LogP contribution in [0, 0.1) is 0 Å². The molecule has 2 aromatic heterocycles. The average Bonchev–Trinajstić information content (AvgIpc) is 4.06. The third-order valence-electron chi connectivity index (χ3n) is 16.7. The molecule has 0 saturated carbocycles. The first-order valence-corrected chi connectivity index (χ1v) is 29.8. The van der Waals surface area contributed by atoms with Gasteiger partial charge in [0.05, 0.1) is 11.4 Å².